The number of hydrogen-bond acceptors (Lipinski definition) is 7. The standard InChI is InChI=1S/C28H32ClN5O5/c1-15(2)27-31-32-28-22(14-23(35)33-12-6-8-20(33)26(30)36)39-24(17-7-5-9-21(37-3)25(17)38-4)18-13-16(29)10-11-19(18)34(27)28/h5,7,9-11,13,15,20,22,24H,6,8,12,14H2,1-4H3,(H2,30,36)/t20-,22?,24?/m0/s1. The summed E-state index contributed by atoms with van der Waals surface area (Å²) < 4.78 is 20.1. The average molecular weight is 554 g/mol. The molecule has 2 N–H and O–H groups in total. The molecule has 3 aromatic rings. The molecule has 3 atom stereocenters. The van der Waals surface area contributed by atoms with Crippen molar-refractivity contribution < 1.29 is 23.8 Å². The van der Waals surface area contributed by atoms with E-state index in [4.69, 9.17) is 31.5 Å². The van der Waals surface area contributed by atoms with E-state index in [2.05, 4.69) is 10.2 Å². The summed E-state index contributed by atoms with van der Waals surface area (Å²) in [6.45, 7) is 4.53. The van der Waals surface area contributed by atoms with E-state index in [1.807, 2.05) is 48.7 Å². The number of halogens is 1. The molecular weight excluding hydrogens is 522 g/mol. The number of rotatable bonds is 7. The number of carbonyl (C=O) groups excluding carboxylic acids is 2. The molecule has 0 bridgehead atoms. The molecule has 3 heterocycles. The van der Waals surface area contributed by atoms with E-state index in [1.165, 1.54) is 0 Å². The molecule has 5 rings (SSSR count). The van der Waals surface area contributed by atoms with Crippen molar-refractivity contribution in [3.05, 3.63) is 64.2 Å². The molecule has 2 aliphatic rings. The quantitative estimate of drug-likeness (QED) is 0.467. The molecule has 0 aliphatic carbocycles. The molecule has 11 heteroatoms. The van der Waals surface area contributed by atoms with Crippen molar-refractivity contribution in [2.24, 2.45) is 5.73 Å². The van der Waals surface area contributed by atoms with Gasteiger partial charge in [-0.2, -0.15) is 0 Å². The topological polar surface area (TPSA) is 122 Å². The van der Waals surface area contributed by atoms with Crippen LogP contribution in [0.3, 0.4) is 0 Å². The highest BCUT2D eigenvalue weighted by molar-refractivity contribution is 6.30. The van der Waals surface area contributed by atoms with Gasteiger partial charge < -0.3 is 24.8 Å². The van der Waals surface area contributed by atoms with Crippen molar-refractivity contribution >= 4 is 23.4 Å². The number of primary amides is 1. The Bertz CT molecular complexity index is 1410. The highest BCUT2D eigenvalue weighted by Crippen LogP contribution is 2.46. The molecule has 2 aliphatic heterocycles. The second-order valence-corrected chi connectivity index (χ2v) is 10.5. The van der Waals surface area contributed by atoms with E-state index >= 15 is 0 Å². The molecule has 206 valence electrons. The van der Waals surface area contributed by atoms with Gasteiger partial charge in [-0.15, -0.1) is 10.2 Å². The van der Waals surface area contributed by atoms with Crippen LogP contribution in [0.15, 0.2) is 36.4 Å². The van der Waals surface area contributed by atoms with Crippen LogP contribution in [-0.4, -0.2) is 58.3 Å². The third-order valence-electron chi connectivity index (χ3n) is 7.31. The molecule has 1 aromatic heterocycles. The minimum absolute atomic E-state index is 0.0341. The maximum absolute atomic E-state index is 13.6. The minimum atomic E-state index is -0.793. The molecule has 1 saturated heterocycles. The van der Waals surface area contributed by atoms with Gasteiger partial charge in [0.2, 0.25) is 11.8 Å². The van der Waals surface area contributed by atoms with Gasteiger partial charge in [0, 0.05) is 28.6 Å². The fraction of sp³-hybridized carbons (Fsp3) is 0.429. The maximum Gasteiger partial charge on any atom is 0.240 e. The minimum Gasteiger partial charge on any atom is -0.493 e. The van der Waals surface area contributed by atoms with Crippen molar-refractivity contribution in [1.29, 1.82) is 0 Å². The number of ether oxygens (including phenoxy) is 3. The molecule has 2 unspecified atom stereocenters. The summed E-state index contributed by atoms with van der Waals surface area (Å²) in [7, 11) is 3.14. The first-order chi connectivity index (χ1) is 18.7. The van der Waals surface area contributed by atoms with Crippen LogP contribution >= 0.6 is 11.6 Å². The summed E-state index contributed by atoms with van der Waals surface area (Å²) in [5.74, 6) is 1.57. The smallest absolute Gasteiger partial charge is 0.240 e. The molecule has 2 aromatic carbocycles. The zero-order valence-electron chi connectivity index (χ0n) is 22.4. The van der Waals surface area contributed by atoms with Gasteiger partial charge in [-0.05, 0) is 37.1 Å². The van der Waals surface area contributed by atoms with E-state index < -0.39 is 24.2 Å². The first-order valence-electron chi connectivity index (χ1n) is 12.9. The van der Waals surface area contributed by atoms with Crippen LogP contribution < -0.4 is 15.2 Å². The van der Waals surface area contributed by atoms with E-state index in [9.17, 15) is 9.59 Å². The molecule has 0 spiro atoms. The lowest BCUT2D eigenvalue weighted by Gasteiger charge is -2.27. The first-order valence-corrected chi connectivity index (χ1v) is 13.3. The fourth-order valence-corrected chi connectivity index (χ4v) is 5.69. The van der Waals surface area contributed by atoms with Gasteiger partial charge in [0.25, 0.3) is 0 Å². The zero-order valence-corrected chi connectivity index (χ0v) is 23.1. The first kappa shape index (κ1) is 27.0. The number of hydrogen-bond donors (Lipinski definition) is 1. The van der Waals surface area contributed by atoms with Gasteiger partial charge in [-0.3, -0.25) is 14.2 Å². The van der Waals surface area contributed by atoms with Crippen LogP contribution in [0.2, 0.25) is 5.02 Å². The molecule has 39 heavy (non-hydrogen) atoms. The van der Waals surface area contributed by atoms with Crippen LogP contribution in [0.1, 0.15) is 74.0 Å². The SMILES string of the molecule is COc1cccc(C2OC(CC(=O)N3CCC[C@H]3C(N)=O)c3nnc(C(C)C)n3-c3ccc(Cl)cc32)c1OC. The van der Waals surface area contributed by atoms with Crippen molar-refractivity contribution in [3.8, 4) is 17.2 Å². The van der Waals surface area contributed by atoms with Crippen molar-refractivity contribution in [3.63, 3.8) is 0 Å². The largest absolute Gasteiger partial charge is 0.493 e. The lowest BCUT2D eigenvalue weighted by Crippen LogP contribution is -2.44. The Balaban J connectivity index is 1.67. The third kappa shape index (κ3) is 4.83. The Hall–Kier alpha value is -3.63. The predicted molar refractivity (Wildman–Crippen MR) is 144 cm³/mol. The zero-order chi connectivity index (χ0) is 27.8. The number of nitrogens with zero attached hydrogens (tertiary/aromatic N) is 4. The second-order valence-electron chi connectivity index (χ2n) is 10.0. The molecule has 0 saturated carbocycles. The van der Waals surface area contributed by atoms with Crippen molar-refractivity contribution in [2.75, 3.05) is 20.8 Å². The van der Waals surface area contributed by atoms with Crippen LogP contribution in [0, 0.1) is 0 Å². The molecule has 0 radical (unpaired) electrons. The number of fused-ring (bicyclic) bond motifs is 3. The Labute approximate surface area is 232 Å². The van der Waals surface area contributed by atoms with Gasteiger partial charge in [-0.1, -0.05) is 37.6 Å². The number of amides is 2. The number of methoxy groups -OCH3 is 2. The highest BCUT2D eigenvalue weighted by Gasteiger charge is 2.39. The summed E-state index contributed by atoms with van der Waals surface area (Å²) in [5.41, 5.74) is 7.87. The Morgan fingerprint density at radius 1 is 1.15 bits per heavy atom. The Kier molecular flexibility index (Phi) is 7.51. The van der Waals surface area contributed by atoms with Crippen LogP contribution in [-0.2, 0) is 14.3 Å². The molecule has 2 amide bonds. The number of benzene rings is 2. The summed E-state index contributed by atoms with van der Waals surface area (Å²) in [6, 6.07) is 10.5. The van der Waals surface area contributed by atoms with Crippen molar-refractivity contribution in [1.82, 2.24) is 19.7 Å². The van der Waals surface area contributed by atoms with Gasteiger partial charge in [0.05, 0.1) is 26.3 Å². The van der Waals surface area contributed by atoms with Gasteiger partial charge in [0.1, 0.15) is 24.1 Å². The van der Waals surface area contributed by atoms with Gasteiger partial charge in [0.15, 0.2) is 17.3 Å². The second kappa shape index (κ2) is 10.9. The Morgan fingerprint density at radius 2 is 1.95 bits per heavy atom. The molecule has 1 fully saturated rings. The summed E-state index contributed by atoms with van der Waals surface area (Å²) >= 11 is 6.51. The molecule has 10 nitrogen and oxygen atoms in total. The number of para-hydroxylation sites is 1. The van der Waals surface area contributed by atoms with E-state index in [1.54, 1.807) is 25.2 Å². The number of nitrogens with two attached hydrogens (primary N) is 1. The van der Waals surface area contributed by atoms with Gasteiger partial charge >= 0.3 is 0 Å². The van der Waals surface area contributed by atoms with E-state index in [0.717, 1.165) is 17.1 Å². The normalized spacial score (nSPS) is 20.4. The maximum atomic E-state index is 13.6. The van der Waals surface area contributed by atoms with E-state index in [0.29, 0.717) is 47.3 Å². The summed E-state index contributed by atoms with van der Waals surface area (Å²) in [4.78, 5) is 27.2. The van der Waals surface area contributed by atoms with E-state index in [-0.39, 0.29) is 18.2 Å². The lowest BCUT2D eigenvalue weighted by molar-refractivity contribution is -0.140. The number of carbonyl (C=O) groups is 2. The number of aromatic nitrogens is 3. The van der Waals surface area contributed by atoms with Gasteiger partial charge in [-0.25, -0.2) is 0 Å². The highest BCUT2D eigenvalue weighted by atomic mass is 35.5. The number of likely N-dealkylation sites (tertiary alicyclic amines) is 1. The third-order valence-corrected chi connectivity index (χ3v) is 7.54. The van der Waals surface area contributed by atoms with Crippen molar-refractivity contribution in [2.45, 2.75) is 57.3 Å². The molecular formula is C28H32ClN5O5. The lowest BCUT2D eigenvalue weighted by atomic mass is 9.98. The summed E-state index contributed by atoms with van der Waals surface area (Å²) in [6.07, 6.45) is -0.266. The predicted octanol–water partition coefficient (Wildman–Crippen LogP) is 4.09. The Morgan fingerprint density at radius 3 is 2.64 bits per heavy atom. The fourth-order valence-electron chi connectivity index (χ4n) is 5.51. The average Bonchev–Trinajstić information content (AvgIpc) is 3.56. The van der Waals surface area contributed by atoms with Crippen LogP contribution in [0.5, 0.6) is 11.5 Å². The monoisotopic (exact) mass is 553 g/mol. The van der Waals surface area contributed by atoms with Crippen LogP contribution in [0.4, 0.5) is 0 Å². The van der Waals surface area contributed by atoms with Crippen LogP contribution in [0.25, 0.3) is 5.69 Å². The summed E-state index contributed by atoms with van der Waals surface area (Å²) in [5, 5.41) is 9.52.